The minimum atomic E-state index is 0.0485. The number of carbonyl (C=O) groups excluding carboxylic acids is 2. The molecule has 0 bridgehead atoms. The Bertz CT molecular complexity index is 311. The van der Waals surface area contributed by atoms with Gasteiger partial charge in [0.1, 0.15) is 0 Å². The molecule has 1 atom stereocenters. The summed E-state index contributed by atoms with van der Waals surface area (Å²) in [5.41, 5.74) is 0. The van der Waals surface area contributed by atoms with E-state index in [0.717, 1.165) is 45.3 Å². The molecule has 2 aliphatic rings. The van der Waals surface area contributed by atoms with E-state index >= 15 is 0 Å². The average molecular weight is 252 g/mol. The summed E-state index contributed by atoms with van der Waals surface area (Å²) in [6.45, 7) is 5.19. The van der Waals surface area contributed by atoms with Gasteiger partial charge in [0.2, 0.25) is 11.8 Å². The van der Waals surface area contributed by atoms with E-state index in [4.69, 9.17) is 0 Å². The van der Waals surface area contributed by atoms with Gasteiger partial charge in [0, 0.05) is 32.6 Å². The molecule has 2 saturated heterocycles. The third-order valence-corrected chi connectivity index (χ3v) is 4.09. The summed E-state index contributed by atoms with van der Waals surface area (Å²) in [7, 11) is 0. The summed E-state index contributed by atoms with van der Waals surface area (Å²) in [6, 6.07) is 0. The van der Waals surface area contributed by atoms with E-state index in [9.17, 15) is 9.59 Å². The van der Waals surface area contributed by atoms with Gasteiger partial charge in [0.25, 0.3) is 0 Å². The highest BCUT2D eigenvalue weighted by Crippen LogP contribution is 2.21. The fourth-order valence-electron chi connectivity index (χ4n) is 3.00. The number of rotatable bonds is 2. The number of carbonyl (C=O) groups is 2. The Labute approximate surface area is 109 Å². The van der Waals surface area contributed by atoms with Gasteiger partial charge in [-0.05, 0) is 32.1 Å². The van der Waals surface area contributed by atoms with E-state index in [2.05, 4.69) is 0 Å². The molecule has 4 heteroatoms. The van der Waals surface area contributed by atoms with Crippen LogP contribution in [0.2, 0.25) is 0 Å². The summed E-state index contributed by atoms with van der Waals surface area (Å²) < 4.78 is 0. The zero-order valence-electron chi connectivity index (χ0n) is 11.4. The molecule has 0 aromatic rings. The second-order valence-electron chi connectivity index (χ2n) is 5.42. The molecule has 102 valence electrons. The highest BCUT2D eigenvalue weighted by atomic mass is 16.2. The molecule has 0 N–H and O–H groups in total. The van der Waals surface area contributed by atoms with E-state index in [1.54, 1.807) is 0 Å². The minimum absolute atomic E-state index is 0.0485. The van der Waals surface area contributed by atoms with Gasteiger partial charge in [0.15, 0.2) is 0 Å². The van der Waals surface area contributed by atoms with Gasteiger partial charge in [-0.2, -0.15) is 0 Å². The molecule has 0 aromatic heterocycles. The first-order valence-corrected chi connectivity index (χ1v) is 7.29. The Morgan fingerprint density at radius 3 is 2.33 bits per heavy atom. The maximum absolute atomic E-state index is 12.4. The first-order chi connectivity index (χ1) is 8.72. The zero-order valence-corrected chi connectivity index (χ0v) is 11.4. The topological polar surface area (TPSA) is 40.6 Å². The fraction of sp³-hybridized carbons (Fsp3) is 0.857. The van der Waals surface area contributed by atoms with Crippen molar-refractivity contribution in [1.29, 1.82) is 0 Å². The number of amides is 2. The molecule has 2 heterocycles. The average Bonchev–Trinajstić information content (AvgIpc) is 2.46. The van der Waals surface area contributed by atoms with Gasteiger partial charge in [-0.15, -0.1) is 0 Å². The summed E-state index contributed by atoms with van der Waals surface area (Å²) in [6.07, 6.45) is 5.98. The third-order valence-electron chi connectivity index (χ3n) is 4.09. The molecule has 1 unspecified atom stereocenters. The Morgan fingerprint density at radius 1 is 1.00 bits per heavy atom. The van der Waals surface area contributed by atoms with Crippen molar-refractivity contribution < 1.29 is 9.59 Å². The Kier molecular flexibility index (Phi) is 4.61. The lowest BCUT2D eigenvalue weighted by Crippen LogP contribution is -2.47. The highest BCUT2D eigenvalue weighted by molar-refractivity contribution is 5.81. The van der Waals surface area contributed by atoms with Crippen molar-refractivity contribution in [1.82, 2.24) is 9.80 Å². The molecule has 18 heavy (non-hydrogen) atoms. The second-order valence-corrected chi connectivity index (χ2v) is 5.42. The van der Waals surface area contributed by atoms with Crippen molar-refractivity contribution in [3.63, 3.8) is 0 Å². The van der Waals surface area contributed by atoms with Gasteiger partial charge < -0.3 is 9.80 Å². The van der Waals surface area contributed by atoms with Crippen LogP contribution in [0.1, 0.15) is 45.4 Å². The Morgan fingerprint density at radius 2 is 1.67 bits per heavy atom. The smallest absolute Gasteiger partial charge is 0.227 e. The first-order valence-electron chi connectivity index (χ1n) is 7.29. The van der Waals surface area contributed by atoms with Crippen molar-refractivity contribution in [2.45, 2.75) is 45.4 Å². The quantitative estimate of drug-likeness (QED) is 0.749. The Balaban J connectivity index is 1.91. The van der Waals surface area contributed by atoms with Gasteiger partial charge >= 0.3 is 0 Å². The molecule has 2 fully saturated rings. The van der Waals surface area contributed by atoms with Crippen LogP contribution in [0, 0.1) is 5.92 Å². The molecule has 0 spiro atoms. The number of hydrogen-bond acceptors (Lipinski definition) is 2. The molecule has 0 aliphatic carbocycles. The van der Waals surface area contributed by atoms with Crippen LogP contribution in [-0.2, 0) is 9.59 Å². The summed E-state index contributed by atoms with van der Waals surface area (Å²) in [5.74, 6) is 0.516. The minimum Gasteiger partial charge on any atom is -0.342 e. The van der Waals surface area contributed by atoms with Gasteiger partial charge in [-0.3, -0.25) is 9.59 Å². The van der Waals surface area contributed by atoms with E-state index < -0.39 is 0 Å². The standard InChI is InChI=1S/C14H24N2O2/c1-2-13(17)16-10-6-7-12(11-16)14(18)15-8-4-3-5-9-15/h12H,2-11H2,1H3. The van der Waals surface area contributed by atoms with Crippen molar-refractivity contribution in [2.24, 2.45) is 5.92 Å². The monoisotopic (exact) mass is 252 g/mol. The molecular formula is C14H24N2O2. The number of nitrogens with zero attached hydrogens (tertiary/aromatic N) is 2. The molecular weight excluding hydrogens is 228 g/mol. The molecule has 2 rings (SSSR count). The lowest BCUT2D eigenvalue weighted by atomic mass is 9.95. The SMILES string of the molecule is CCC(=O)N1CCCC(C(=O)N2CCCCC2)C1. The van der Waals surface area contributed by atoms with Crippen LogP contribution in [0.5, 0.6) is 0 Å². The summed E-state index contributed by atoms with van der Waals surface area (Å²) >= 11 is 0. The van der Waals surface area contributed by atoms with Crippen LogP contribution in [0.4, 0.5) is 0 Å². The van der Waals surface area contributed by atoms with Gasteiger partial charge in [-0.1, -0.05) is 6.92 Å². The van der Waals surface area contributed by atoms with Crippen molar-refractivity contribution >= 4 is 11.8 Å². The van der Waals surface area contributed by atoms with Crippen LogP contribution in [0.25, 0.3) is 0 Å². The first kappa shape index (κ1) is 13.4. The Hall–Kier alpha value is -1.06. The van der Waals surface area contributed by atoms with Crippen molar-refractivity contribution in [3.05, 3.63) is 0 Å². The fourth-order valence-corrected chi connectivity index (χ4v) is 3.00. The predicted molar refractivity (Wildman–Crippen MR) is 70.0 cm³/mol. The number of hydrogen-bond donors (Lipinski definition) is 0. The second kappa shape index (κ2) is 6.21. The molecule has 0 saturated carbocycles. The maximum Gasteiger partial charge on any atom is 0.227 e. The van der Waals surface area contributed by atoms with Crippen LogP contribution in [0.15, 0.2) is 0 Å². The lowest BCUT2D eigenvalue weighted by molar-refractivity contribution is -0.141. The highest BCUT2D eigenvalue weighted by Gasteiger charge is 2.31. The molecule has 0 radical (unpaired) electrons. The molecule has 4 nitrogen and oxygen atoms in total. The summed E-state index contributed by atoms with van der Waals surface area (Å²) in [4.78, 5) is 28.0. The van der Waals surface area contributed by atoms with Crippen LogP contribution in [-0.4, -0.2) is 47.8 Å². The zero-order chi connectivity index (χ0) is 13.0. The maximum atomic E-state index is 12.4. The predicted octanol–water partition coefficient (Wildman–Crippen LogP) is 1.65. The molecule has 2 aliphatic heterocycles. The van der Waals surface area contributed by atoms with Crippen LogP contribution in [0.3, 0.4) is 0 Å². The number of piperidine rings is 2. The van der Waals surface area contributed by atoms with Crippen molar-refractivity contribution in [3.8, 4) is 0 Å². The van der Waals surface area contributed by atoms with Crippen LogP contribution < -0.4 is 0 Å². The lowest BCUT2D eigenvalue weighted by Gasteiger charge is -2.36. The van der Waals surface area contributed by atoms with Crippen molar-refractivity contribution in [2.75, 3.05) is 26.2 Å². The van der Waals surface area contributed by atoms with E-state index in [1.807, 2.05) is 16.7 Å². The third kappa shape index (κ3) is 3.03. The largest absolute Gasteiger partial charge is 0.342 e. The van der Waals surface area contributed by atoms with Gasteiger partial charge in [0.05, 0.1) is 5.92 Å². The van der Waals surface area contributed by atoms with Gasteiger partial charge in [-0.25, -0.2) is 0 Å². The van der Waals surface area contributed by atoms with E-state index in [0.29, 0.717) is 13.0 Å². The van der Waals surface area contributed by atoms with E-state index in [1.165, 1.54) is 6.42 Å². The molecule has 0 aromatic carbocycles. The normalized spacial score (nSPS) is 25.1. The summed E-state index contributed by atoms with van der Waals surface area (Å²) in [5, 5.41) is 0. The van der Waals surface area contributed by atoms with E-state index in [-0.39, 0.29) is 17.7 Å². The molecule has 2 amide bonds. The van der Waals surface area contributed by atoms with Crippen LogP contribution >= 0.6 is 0 Å². The number of likely N-dealkylation sites (tertiary alicyclic amines) is 2.